The van der Waals surface area contributed by atoms with E-state index in [2.05, 4.69) is 6.92 Å². The van der Waals surface area contributed by atoms with Crippen LogP contribution < -0.4 is 0 Å². The van der Waals surface area contributed by atoms with Gasteiger partial charge in [-0.15, -0.1) is 0 Å². The minimum atomic E-state index is -0.329. The van der Waals surface area contributed by atoms with E-state index in [4.69, 9.17) is 4.74 Å². The summed E-state index contributed by atoms with van der Waals surface area (Å²) in [5.41, 5.74) is 0. The zero-order valence-corrected chi connectivity index (χ0v) is 13.9. The highest BCUT2D eigenvalue weighted by atomic mass is 16.5. The van der Waals surface area contributed by atoms with Crippen molar-refractivity contribution in [2.24, 2.45) is 17.8 Å². The molecule has 1 amide bonds. The number of carbonyl (C=O) groups is 2. The topological polar surface area (TPSA) is 46.6 Å². The highest BCUT2D eigenvalue weighted by Crippen LogP contribution is 2.42. The molecule has 0 aromatic rings. The van der Waals surface area contributed by atoms with Gasteiger partial charge < -0.3 is 9.64 Å². The molecule has 4 heteroatoms. The Kier molecular flexibility index (Phi) is 4.74. The predicted octanol–water partition coefficient (Wildman–Crippen LogP) is 3.15. The minimum absolute atomic E-state index is 0.129. The molecule has 3 aliphatic rings. The van der Waals surface area contributed by atoms with Crippen LogP contribution in [0.5, 0.6) is 0 Å². The maximum absolute atomic E-state index is 13.1. The molecular weight excluding hydrogens is 278 g/mol. The lowest BCUT2D eigenvalue weighted by atomic mass is 9.81. The third-order valence-electron chi connectivity index (χ3n) is 6.18. The van der Waals surface area contributed by atoms with Crippen molar-refractivity contribution in [3.63, 3.8) is 0 Å². The second kappa shape index (κ2) is 6.59. The van der Waals surface area contributed by atoms with Crippen molar-refractivity contribution in [1.29, 1.82) is 0 Å². The first-order chi connectivity index (χ1) is 10.6. The number of methoxy groups -OCH3 is 1. The van der Waals surface area contributed by atoms with Crippen molar-refractivity contribution in [3.05, 3.63) is 0 Å². The lowest BCUT2D eigenvalue weighted by molar-refractivity contribution is -0.154. The van der Waals surface area contributed by atoms with Crippen LogP contribution in [0.3, 0.4) is 0 Å². The summed E-state index contributed by atoms with van der Waals surface area (Å²) < 4.78 is 4.99. The van der Waals surface area contributed by atoms with E-state index in [9.17, 15) is 9.59 Å². The smallest absolute Gasteiger partial charge is 0.328 e. The van der Waals surface area contributed by atoms with Crippen LogP contribution in [0.1, 0.15) is 64.7 Å². The van der Waals surface area contributed by atoms with Crippen LogP contribution in [0.4, 0.5) is 0 Å². The number of likely N-dealkylation sites (tertiary alicyclic amines) is 1. The second-order valence-corrected chi connectivity index (χ2v) is 7.59. The van der Waals surface area contributed by atoms with Gasteiger partial charge in [0.2, 0.25) is 5.91 Å². The maximum atomic E-state index is 13.1. The molecule has 0 aromatic heterocycles. The Hall–Kier alpha value is -1.06. The first-order valence-electron chi connectivity index (χ1n) is 9.01. The molecule has 4 nitrogen and oxygen atoms in total. The number of hydrogen-bond acceptors (Lipinski definition) is 3. The number of rotatable bonds is 2. The fourth-order valence-electron chi connectivity index (χ4n) is 4.84. The van der Waals surface area contributed by atoms with Crippen molar-refractivity contribution < 1.29 is 14.3 Å². The number of hydrogen-bond donors (Lipinski definition) is 0. The Morgan fingerprint density at radius 2 is 1.68 bits per heavy atom. The van der Waals surface area contributed by atoms with E-state index in [0.29, 0.717) is 5.92 Å². The summed E-state index contributed by atoms with van der Waals surface area (Å²) in [7, 11) is 1.44. The van der Waals surface area contributed by atoms with Gasteiger partial charge >= 0.3 is 5.97 Å². The second-order valence-electron chi connectivity index (χ2n) is 7.59. The summed E-state index contributed by atoms with van der Waals surface area (Å²) in [6, 6.07) is -0.0466. The largest absolute Gasteiger partial charge is 0.467 e. The quantitative estimate of drug-likeness (QED) is 0.736. The van der Waals surface area contributed by atoms with Crippen molar-refractivity contribution in [3.8, 4) is 0 Å². The number of esters is 1. The molecule has 1 saturated heterocycles. The zero-order valence-electron chi connectivity index (χ0n) is 13.9. The van der Waals surface area contributed by atoms with Gasteiger partial charge in [0.25, 0.3) is 0 Å². The first kappa shape index (κ1) is 15.8. The van der Waals surface area contributed by atoms with Crippen LogP contribution in [-0.2, 0) is 14.3 Å². The van der Waals surface area contributed by atoms with E-state index >= 15 is 0 Å². The van der Waals surface area contributed by atoms with Crippen LogP contribution in [0, 0.1) is 17.8 Å². The molecule has 1 aliphatic heterocycles. The highest BCUT2D eigenvalue weighted by Gasteiger charge is 2.49. The molecule has 3 atom stereocenters. The first-order valence-corrected chi connectivity index (χ1v) is 9.01. The van der Waals surface area contributed by atoms with Gasteiger partial charge in [0.15, 0.2) is 0 Å². The van der Waals surface area contributed by atoms with Gasteiger partial charge in [-0.3, -0.25) is 4.79 Å². The third-order valence-corrected chi connectivity index (χ3v) is 6.18. The standard InChI is InChI=1S/C18H29NO3/c1-12-7-9-13(10-8-12)17(20)19-15-6-4-3-5-14(15)11-16(19)18(21)22-2/h12-16H,3-11H2,1-2H3/t12?,13?,14-,15-,16-/m0/s1. The Bertz CT molecular complexity index is 428. The van der Waals surface area contributed by atoms with Crippen LogP contribution in [0.15, 0.2) is 0 Å². The number of nitrogens with zero attached hydrogens (tertiary/aromatic N) is 1. The fraction of sp³-hybridized carbons (Fsp3) is 0.889. The van der Waals surface area contributed by atoms with Crippen LogP contribution >= 0.6 is 0 Å². The molecule has 0 aromatic carbocycles. The SMILES string of the molecule is COC(=O)[C@@H]1C[C@@H]2CCCC[C@@H]2N1C(=O)C1CCC(C)CC1. The van der Waals surface area contributed by atoms with Gasteiger partial charge in [0.1, 0.15) is 6.04 Å². The van der Waals surface area contributed by atoms with E-state index in [1.807, 2.05) is 4.90 Å². The van der Waals surface area contributed by atoms with Gasteiger partial charge in [-0.05, 0) is 56.8 Å². The molecule has 3 rings (SSSR count). The van der Waals surface area contributed by atoms with Crippen molar-refractivity contribution >= 4 is 11.9 Å². The maximum Gasteiger partial charge on any atom is 0.328 e. The van der Waals surface area contributed by atoms with Crippen molar-refractivity contribution in [2.75, 3.05) is 7.11 Å². The van der Waals surface area contributed by atoms with Gasteiger partial charge in [-0.2, -0.15) is 0 Å². The number of amides is 1. The zero-order chi connectivity index (χ0) is 15.7. The molecule has 22 heavy (non-hydrogen) atoms. The van der Waals surface area contributed by atoms with E-state index in [0.717, 1.165) is 50.9 Å². The number of fused-ring (bicyclic) bond motifs is 1. The summed E-state index contributed by atoms with van der Waals surface area (Å²) in [5.74, 6) is 1.39. The van der Waals surface area contributed by atoms with Gasteiger partial charge in [0.05, 0.1) is 7.11 Å². The van der Waals surface area contributed by atoms with E-state index in [1.54, 1.807) is 0 Å². The molecule has 2 aliphatic carbocycles. The lowest BCUT2D eigenvalue weighted by Crippen LogP contribution is -2.49. The lowest BCUT2D eigenvalue weighted by Gasteiger charge is -2.37. The summed E-state index contributed by atoms with van der Waals surface area (Å²) in [5, 5.41) is 0. The molecule has 0 radical (unpaired) electrons. The molecule has 124 valence electrons. The monoisotopic (exact) mass is 307 g/mol. The Labute approximate surface area is 133 Å². The fourth-order valence-corrected chi connectivity index (χ4v) is 4.84. The van der Waals surface area contributed by atoms with Gasteiger partial charge in [0, 0.05) is 12.0 Å². The van der Waals surface area contributed by atoms with Crippen LogP contribution in [0.25, 0.3) is 0 Å². The number of carbonyl (C=O) groups excluding carboxylic acids is 2. The van der Waals surface area contributed by atoms with Gasteiger partial charge in [-0.1, -0.05) is 19.8 Å². The average molecular weight is 307 g/mol. The summed E-state index contributed by atoms with van der Waals surface area (Å²) in [6.45, 7) is 2.27. The summed E-state index contributed by atoms with van der Waals surface area (Å²) >= 11 is 0. The van der Waals surface area contributed by atoms with E-state index < -0.39 is 0 Å². The molecule has 3 fully saturated rings. The van der Waals surface area contributed by atoms with Crippen LogP contribution in [-0.4, -0.2) is 36.0 Å². The van der Waals surface area contributed by atoms with Crippen molar-refractivity contribution in [1.82, 2.24) is 4.90 Å². The highest BCUT2D eigenvalue weighted by molar-refractivity contribution is 5.87. The summed E-state index contributed by atoms with van der Waals surface area (Å²) in [6.07, 6.45) is 9.70. The Morgan fingerprint density at radius 1 is 1.00 bits per heavy atom. The Balaban J connectivity index is 1.77. The third kappa shape index (κ3) is 2.89. The molecule has 0 N–H and O–H groups in total. The molecule has 1 heterocycles. The van der Waals surface area contributed by atoms with E-state index in [-0.39, 0.29) is 29.9 Å². The predicted molar refractivity (Wildman–Crippen MR) is 84.1 cm³/mol. The summed E-state index contributed by atoms with van der Waals surface area (Å²) in [4.78, 5) is 27.3. The van der Waals surface area contributed by atoms with Crippen molar-refractivity contribution in [2.45, 2.75) is 76.8 Å². The minimum Gasteiger partial charge on any atom is -0.467 e. The van der Waals surface area contributed by atoms with Crippen LogP contribution in [0.2, 0.25) is 0 Å². The average Bonchev–Trinajstić information content (AvgIpc) is 2.93. The molecule has 0 spiro atoms. The molecular formula is C18H29NO3. The normalized spacial score (nSPS) is 38.5. The van der Waals surface area contributed by atoms with Gasteiger partial charge in [-0.25, -0.2) is 4.79 Å². The number of ether oxygens (including phenoxy) is 1. The van der Waals surface area contributed by atoms with E-state index in [1.165, 1.54) is 20.0 Å². The molecule has 0 unspecified atom stereocenters. The molecule has 0 bridgehead atoms. The molecule has 2 saturated carbocycles. The Morgan fingerprint density at radius 3 is 2.36 bits per heavy atom.